The zero-order valence-electron chi connectivity index (χ0n) is 14.2. The van der Waals surface area contributed by atoms with Crippen molar-refractivity contribution in [3.63, 3.8) is 0 Å². The Balaban J connectivity index is 2.16. The number of esters is 1. The van der Waals surface area contributed by atoms with Crippen LogP contribution in [-0.4, -0.2) is 49.2 Å². The topological polar surface area (TPSA) is 41.6 Å². The van der Waals surface area contributed by atoms with Crippen LogP contribution in [0.25, 0.3) is 0 Å². The highest BCUT2D eigenvalue weighted by Gasteiger charge is 2.42. The Hall–Kier alpha value is -0.610. The van der Waals surface area contributed by atoms with Crippen molar-refractivity contribution in [1.29, 1.82) is 0 Å². The third-order valence-corrected chi connectivity index (χ3v) is 5.11. The molecule has 1 saturated carbocycles. The summed E-state index contributed by atoms with van der Waals surface area (Å²) < 4.78 is 5.30. The number of hydrogen-bond donors (Lipinski definition) is 1. The fourth-order valence-corrected chi connectivity index (χ4v) is 4.09. The molecule has 0 radical (unpaired) electrons. The Kier molecular flexibility index (Phi) is 5.67. The number of rotatable bonds is 3. The van der Waals surface area contributed by atoms with Gasteiger partial charge in [-0.25, -0.2) is 0 Å². The summed E-state index contributed by atoms with van der Waals surface area (Å²) in [6, 6.07) is 0.418. The summed E-state index contributed by atoms with van der Waals surface area (Å²) in [5, 5.41) is 3.35. The minimum absolute atomic E-state index is 0.0528. The Morgan fingerprint density at radius 2 is 2.00 bits per heavy atom. The number of carbonyl (C=O) groups excluding carboxylic acids is 1. The molecule has 0 bridgehead atoms. The Morgan fingerprint density at radius 1 is 1.29 bits per heavy atom. The van der Waals surface area contributed by atoms with Crippen molar-refractivity contribution in [3.8, 4) is 0 Å². The molecule has 0 aromatic carbocycles. The molecule has 1 saturated heterocycles. The van der Waals surface area contributed by atoms with E-state index in [0.717, 1.165) is 19.6 Å². The zero-order valence-corrected chi connectivity index (χ0v) is 14.2. The molecule has 2 rings (SSSR count). The molecule has 4 nitrogen and oxygen atoms in total. The molecule has 0 spiro atoms. The smallest absolute Gasteiger partial charge is 0.324 e. The molecule has 0 amide bonds. The summed E-state index contributed by atoms with van der Waals surface area (Å²) in [6.45, 7) is 12.1. The average Bonchev–Trinajstić information content (AvgIpc) is 2.46. The van der Waals surface area contributed by atoms with Crippen molar-refractivity contribution in [2.45, 2.75) is 65.5 Å². The summed E-state index contributed by atoms with van der Waals surface area (Å²) >= 11 is 0. The second kappa shape index (κ2) is 7.10. The molecule has 2 aliphatic rings. The monoisotopic (exact) mass is 296 g/mol. The molecule has 0 aromatic heterocycles. The molecule has 1 N–H and O–H groups in total. The maximum Gasteiger partial charge on any atom is 0.324 e. The van der Waals surface area contributed by atoms with Gasteiger partial charge in [0, 0.05) is 25.7 Å². The van der Waals surface area contributed by atoms with Gasteiger partial charge in [-0.3, -0.25) is 9.69 Å². The van der Waals surface area contributed by atoms with Crippen molar-refractivity contribution in [3.05, 3.63) is 0 Å². The van der Waals surface area contributed by atoms with Crippen LogP contribution in [0.4, 0.5) is 0 Å². The fourth-order valence-electron chi connectivity index (χ4n) is 4.09. The van der Waals surface area contributed by atoms with E-state index in [1.54, 1.807) is 0 Å². The second-order valence-corrected chi connectivity index (χ2v) is 7.53. The van der Waals surface area contributed by atoms with Gasteiger partial charge in [-0.2, -0.15) is 0 Å². The van der Waals surface area contributed by atoms with Crippen molar-refractivity contribution >= 4 is 5.97 Å². The van der Waals surface area contributed by atoms with Gasteiger partial charge >= 0.3 is 5.97 Å². The van der Waals surface area contributed by atoms with Crippen LogP contribution in [0.3, 0.4) is 0 Å². The number of nitrogens with zero attached hydrogens (tertiary/aromatic N) is 1. The van der Waals surface area contributed by atoms with Gasteiger partial charge in [0.05, 0.1) is 6.61 Å². The lowest BCUT2D eigenvalue weighted by atomic mass is 9.68. The number of carbonyl (C=O) groups is 1. The second-order valence-electron chi connectivity index (χ2n) is 7.53. The summed E-state index contributed by atoms with van der Waals surface area (Å²) in [7, 11) is 0. The van der Waals surface area contributed by atoms with E-state index < -0.39 is 0 Å². The molecule has 1 aliphatic carbocycles. The van der Waals surface area contributed by atoms with Crippen LogP contribution in [0.2, 0.25) is 0 Å². The molecule has 0 aromatic rings. The van der Waals surface area contributed by atoms with Gasteiger partial charge in [0.1, 0.15) is 6.04 Å². The van der Waals surface area contributed by atoms with Crippen LogP contribution in [-0.2, 0) is 9.53 Å². The molecule has 1 heterocycles. The maximum absolute atomic E-state index is 12.3. The number of nitrogens with one attached hydrogen (secondary N) is 1. The highest BCUT2D eigenvalue weighted by Crippen LogP contribution is 2.41. The van der Waals surface area contributed by atoms with E-state index in [0.29, 0.717) is 24.0 Å². The van der Waals surface area contributed by atoms with E-state index in [1.165, 1.54) is 25.7 Å². The third kappa shape index (κ3) is 3.98. The van der Waals surface area contributed by atoms with Crippen LogP contribution in [0.15, 0.2) is 0 Å². The Bertz CT molecular complexity index is 351. The lowest BCUT2D eigenvalue weighted by Gasteiger charge is -2.49. The minimum atomic E-state index is -0.105. The third-order valence-electron chi connectivity index (χ3n) is 5.11. The first-order valence-electron chi connectivity index (χ1n) is 8.58. The highest BCUT2D eigenvalue weighted by atomic mass is 16.5. The van der Waals surface area contributed by atoms with Gasteiger partial charge in [-0.05, 0) is 31.1 Å². The number of ether oxygens (including phenoxy) is 1. The van der Waals surface area contributed by atoms with Crippen LogP contribution < -0.4 is 5.32 Å². The first-order chi connectivity index (χ1) is 9.95. The van der Waals surface area contributed by atoms with Crippen LogP contribution in [0.1, 0.15) is 53.4 Å². The first kappa shape index (κ1) is 16.8. The van der Waals surface area contributed by atoms with Gasteiger partial charge in [0.15, 0.2) is 0 Å². The lowest BCUT2D eigenvalue weighted by molar-refractivity contribution is -0.153. The van der Waals surface area contributed by atoms with Gasteiger partial charge < -0.3 is 10.1 Å². The van der Waals surface area contributed by atoms with Gasteiger partial charge in [0.2, 0.25) is 0 Å². The first-order valence-corrected chi connectivity index (χ1v) is 8.58. The normalized spacial score (nSPS) is 31.9. The molecule has 4 heteroatoms. The highest BCUT2D eigenvalue weighted by molar-refractivity contribution is 5.76. The van der Waals surface area contributed by atoms with E-state index in [-0.39, 0.29) is 12.0 Å². The maximum atomic E-state index is 12.3. The SMILES string of the molecule is CCOC(=O)C1CNCCN1C1CCCCC1C(C)(C)C. The molecule has 122 valence electrons. The van der Waals surface area contributed by atoms with Crippen molar-refractivity contribution in [1.82, 2.24) is 10.2 Å². The molecular formula is C17H32N2O2. The van der Waals surface area contributed by atoms with Gasteiger partial charge in [-0.15, -0.1) is 0 Å². The summed E-state index contributed by atoms with van der Waals surface area (Å²) in [4.78, 5) is 14.8. The quantitative estimate of drug-likeness (QED) is 0.812. The molecule has 3 unspecified atom stereocenters. The summed E-state index contributed by atoms with van der Waals surface area (Å²) in [5.41, 5.74) is 0.301. The fraction of sp³-hybridized carbons (Fsp3) is 0.941. The van der Waals surface area contributed by atoms with Crippen LogP contribution in [0.5, 0.6) is 0 Å². The summed E-state index contributed by atoms with van der Waals surface area (Å²) in [6.07, 6.45) is 5.12. The van der Waals surface area contributed by atoms with E-state index in [9.17, 15) is 4.79 Å². The van der Waals surface area contributed by atoms with E-state index in [2.05, 4.69) is 31.0 Å². The predicted molar refractivity (Wildman–Crippen MR) is 85.2 cm³/mol. The minimum Gasteiger partial charge on any atom is -0.465 e. The molecule has 21 heavy (non-hydrogen) atoms. The van der Waals surface area contributed by atoms with E-state index in [1.807, 2.05) is 6.92 Å². The number of piperazine rings is 1. The van der Waals surface area contributed by atoms with Crippen molar-refractivity contribution in [2.24, 2.45) is 11.3 Å². The molecule has 3 atom stereocenters. The van der Waals surface area contributed by atoms with Crippen LogP contribution >= 0.6 is 0 Å². The van der Waals surface area contributed by atoms with E-state index >= 15 is 0 Å². The number of hydrogen-bond acceptors (Lipinski definition) is 4. The standard InChI is InChI=1S/C17H32N2O2/c1-5-21-16(20)15-12-18-10-11-19(15)14-9-7-6-8-13(14)17(2,3)4/h13-15,18H,5-12H2,1-4H3. The largest absolute Gasteiger partial charge is 0.465 e. The zero-order chi connectivity index (χ0) is 15.5. The molecule has 1 aliphatic heterocycles. The average molecular weight is 296 g/mol. The van der Waals surface area contributed by atoms with Crippen molar-refractivity contribution in [2.75, 3.05) is 26.2 Å². The predicted octanol–water partition coefficient (Wildman–Crippen LogP) is 2.43. The van der Waals surface area contributed by atoms with Crippen LogP contribution in [0, 0.1) is 11.3 Å². The molecular weight excluding hydrogens is 264 g/mol. The summed E-state index contributed by atoms with van der Waals surface area (Å²) in [5.74, 6) is 0.615. The Labute approximate surface area is 129 Å². The lowest BCUT2D eigenvalue weighted by Crippen LogP contribution is -2.61. The van der Waals surface area contributed by atoms with Gasteiger partial charge in [-0.1, -0.05) is 33.6 Å². The van der Waals surface area contributed by atoms with E-state index in [4.69, 9.17) is 4.74 Å². The van der Waals surface area contributed by atoms with Crippen molar-refractivity contribution < 1.29 is 9.53 Å². The Morgan fingerprint density at radius 3 is 2.67 bits per heavy atom. The van der Waals surface area contributed by atoms with Gasteiger partial charge in [0.25, 0.3) is 0 Å². The molecule has 2 fully saturated rings.